The van der Waals surface area contributed by atoms with Crippen molar-refractivity contribution in [3.8, 4) is 0 Å². The van der Waals surface area contributed by atoms with Crippen molar-refractivity contribution >= 4 is 11.3 Å². The van der Waals surface area contributed by atoms with Crippen LogP contribution in [0.2, 0.25) is 0 Å². The van der Waals surface area contributed by atoms with Crippen molar-refractivity contribution in [3.63, 3.8) is 0 Å². The highest BCUT2D eigenvalue weighted by atomic mass is 32.1. The lowest BCUT2D eigenvalue weighted by Gasteiger charge is -2.19. The first kappa shape index (κ1) is 12.3. The van der Waals surface area contributed by atoms with Crippen molar-refractivity contribution in [1.82, 2.24) is 15.5 Å². The molecule has 1 rings (SSSR count). The van der Waals surface area contributed by atoms with E-state index in [1.165, 1.54) is 0 Å². The fourth-order valence-corrected chi connectivity index (χ4v) is 1.99. The zero-order chi connectivity index (χ0) is 11.3. The predicted octanol–water partition coefficient (Wildman–Crippen LogP) is 2.54. The first-order chi connectivity index (χ1) is 7.13. The van der Waals surface area contributed by atoms with Crippen molar-refractivity contribution in [2.75, 3.05) is 0 Å². The molecule has 15 heavy (non-hydrogen) atoms. The molecule has 1 aromatic heterocycles. The molecular weight excluding hydrogens is 206 g/mol. The highest BCUT2D eigenvalue weighted by Crippen LogP contribution is 2.11. The van der Waals surface area contributed by atoms with E-state index in [0.29, 0.717) is 12.0 Å². The van der Waals surface area contributed by atoms with Crippen LogP contribution in [0.1, 0.15) is 30.3 Å². The van der Waals surface area contributed by atoms with E-state index in [-0.39, 0.29) is 0 Å². The summed E-state index contributed by atoms with van der Waals surface area (Å²) >= 11 is 1.65. The highest BCUT2D eigenvalue weighted by Gasteiger charge is 2.10. The summed E-state index contributed by atoms with van der Waals surface area (Å²) in [6.07, 6.45) is 3.02. The maximum Gasteiger partial charge on any atom is 0.131 e. The van der Waals surface area contributed by atoms with Crippen molar-refractivity contribution in [3.05, 3.63) is 22.7 Å². The molecule has 0 amide bonds. The molecule has 0 aliphatic rings. The van der Waals surface area contributed by atoms with Crippen molar-refractivity contribution in [2.45, 2.75) is 39.8 Å². The molecule has 1 heterocycles. The number of aryl methyl sites for hydroxylation is 1. The van der Waals surface area contributed by atoms with Crippen LogP contribution in [-0.4, -0.2) is 16.2 Å². The molecule has 2 unspecified atom stereocenters. The minimum atomic E-state index is 0.479. The molecule has 0 aromatic carbocycles. The smallest absolute Gasteiger partial charge is 0.131 e. The quantitative estimate of drug-likeness (QED) is 0.756. The molecule has 0 bridgehead atoms. The van der Waals surface area contributed by atoms with Crippen LogP contribution in [0, 0.1) is 12.8 Å². The average Bonchev–Trinajstić information content (AvgIpc) is 2.61. The highest BCUT2D eigenvalue weighted by molar-refractivity contribution is 7.11. The van der Waals surface area contributed by atoms with Crippen molar-refractivity contribution < 1.29 is 0 Å². The van der Waals surface area contributed by atoms with Gasteiger partial charge in [-0.05, 0) is 26.2 Å². The molecule has 0 fully saturated rings. The Morgan fingerprint density at radius 1 is 1.47 bits per heavy atom. The number of nitrogens with one attached hydrogen (secondary N) is 1. The third-order valence-corrected chi connectivity index (χ3v) is 3.37. The second kappa shape index (κ2) is 5.98. The molecule has 4 heteroatoms. The number of allylic oxidation sites excluding steroid dienone is 1. The van der Waals surface area contributed by atoms with Gasteiger partial charge in [0.25, 0.3) is 0 Å². The Hall–Kier alpha value is -0.740. The van der Waals surface area contributed by atoms with E-state index in [2.05, 4.69) is 35.9 Å². The van der Waals surface area contributed by atoms with Gasteiger partial charge < -0.3 is 5.32 Å². The Morgan fingerprint density at radius 2 is 2.20 bits per heavy atom. The summed E-state index contributed by atoms with van der Waals surface area (Å²) in [6.45, 7) is 11.0. The van der Waals surface area contributed by atoms with Gasteiger partial charge in [0.15, 0.2) is 0 Å². The Kier molecular flexibility index (Phi) is 4.91. The minimum Gasteiger partial charge on any atom is -0.308 e. The second-order valence-corrected chi connectivity index (χ2v) is 5.15. The second-order valence-electron chi connectivity index (χ2n) is 3.89. The van der Waals surface area contributed by atoms with Gasteiger partial charge in [-0.1, -0.05) is 13.0 Å². The summed E-state index contributed by atoms with van der Waals surface area (Å²) in [7, 11) is 0. The number of aromatic nitrogens is 2. The van der Waals surface area contributed by atoms with Gasteiger partial charge >= 0.3 is 0 Å². The molecule has 0 saturated heterocycles. The van der Waals surface area contributed by atoms with E-state index in [0.717, 1.165) is 23.0 Å². The Morgan fingerprint density at radius 3 is 2.73 bits per heavy atom. The standard InChI is InChI=1S/C11H19N3S/c1-5-6-8(2)9(3)12-7-11-14-13-10(4)15-11/h5,8-9,12H,1,6-7H2,2-4H3. The zero-order valence-corrected chi connectivity index (χ0v) is 10.5. The lowest BCUT2D eigenvalue weighted by molar-refractivity contribution is 0.401. The third-order valence-electron chi connectivity index (χ3n) is 2.54. The van der Waals surface area contributed by atoms with Gasteiger partial charge in [0.2, 0.25) is 0 Å². The predicted molar refractivity (Wildman–Crippen MR) is 64.9 cm³/mol. The monoisotopic (exact) mass is 225 g/mol. The molecular formula is C11H19N3S. The summed E-state index contributed by atoms with van der Waals surface area (Å²) in [5.41, 5.74) is 0. The largest absolute Gasteiger partial charge is 0.308 e. The molecule has 1 N–H and O–H groups in total. The summed E-state index contributed by atoms with van der Waals surface area (Å²) in [5, 5.41) is 13.6. The molecule has 0 saturated carbocycles. The van der Waals surface area contributed by atoms with Crippen LogP contribution in [0.5, 0.6) is 0 Å². The van der Waals surface area contributed by atoms with E-state index in [1.807, 2.05) is 13.0 Å². The summed E-state index contributed by atoms with van der Waals surface area (Å²) in [5.74, 6) is 0.608. The fourth-order valence-electron chi connectivity index (χ4n) is 1.33. The Balaban J connectivity index is 2.33. The van der Waals surface area contributed by atoms with Gasteiger partial charge in [0.1, 0.15) is 10.0 Å². The lowest BCUT2D eigenvalue weighted by atomic mass is 10.00. The fraction of sp³-hybridized carbons (Fsp3) is 0.636. The summed E-state index contributed by atoms with van der Waals surface area (Å²) < 4.78 is 0. The van der Waals surface area contributed by atoms with Gasteiger partial charge in [-0.15, -0.1) is 28.1 Å². The molecule has 84 valence electrons. The van der Waals surface area contributed by atoms with E-state index in [1.54, 1.807) is 11.3 Å². The van der Waals surface area contributed by atoms with E-state index < -0.39 is 0 Å². The number of hydrogen-bond donors (Lipinski definition) is 1. The Bertz CT molecular complexity index is 309. The lowest BCUT2D eigenvalue weighted by Crippen LogP contribution is -2.31. The van der Waals surface area contributed by atoms with Crippen molar-refractivity contribution in [1.29, 1.82) is 0 Å². The third kappa shape index (κ3) is 4.10. The number of hydrogen-bond acceptors (Lipinski definition) is 4. The van der Waals surface area contributed by atoms with Gasteiger partial charge in [-0.25, -0.2) is 0 Å². The molecule has 0 aliphatic heterocycles. The molecule has 1 aromatic rings. The molecule has 3 nitrogen and oxygen atoms in total. The van der Waals surface area contributed by atoms with Crippen LogP contribution in [0.25, 0.3) is 0 Å². The van der Waals surface area contributed by atoms with E-state index >= 15 is 0 Å². The SMILES string of the molecule is C=CCC(C)C(C)NCc1nnc(C)s1. The Labute approximate surface area is 95.6 Å². The molecule has 2 atom stereocenters. The zero-order valence-electron chi connectivity index (χ0n) is 9.66. The normalized spacial score (nSPS) is 14.9. The van der Waals surface area contributed by atoms with Crippen molar-refractivity contribution in [2.24, 2.45) is 5.92 Å². The van der Waals surface area contributed by atoms with Crippen LogP contribution in [-0.2, 0) is 6.54 Å². The van der Waals surface area contributed by atoms with Gasteiger partial charge in [-0.2, -0.15) is 0 Å². The van der Waals surface area contributed by atoms with Crippen LogP contribution in [0.3, 0.4) is 0 Å². The first-order valence-corrected chi connectivity index (χ1v) is 6.08. The van der Waals surface area contributed by atoms with Crippen LogP contribution in [0.15, 0.2) is 12.7 Å². The van der Waals surface area contributed by atoms with E-state index in [4.69, 9.17) is 0 Å². The molecule has 0 radical (unpaired) electrons. The summed E-state index contributed by atoms with van der Waals surface area (Å²) in [4.78, 5) is 0. The summed E-state index contributed by atoms with van der Waals surface area (Å²) in [6, 6.07) is 0.479. The van der Waals surface area contributed by atoms with Crippen LogP contribution in [0.4, 0.5) is 0 Å². The van der Waals surface area contributed by atoms with E-state index in [9.17, 15) is 0 Å². The van der Waals surface area contributed by atoms with Crippen LogP contribution >= 0.6 is 11.3 Å². The van der Waals surface area contributed by atoms with Gasteiger partial charge in [0, 0.05) is 12.6 Å². The van der Waals surface area contributed by atoms with Gasteiger partial charge in [-0.3, -0.25) is 0 Å². The first-order valence-electron chi connectivity index (χ1n) is 5.26. The topological polar surface area (TPSA) is 37.8 Å². The minimum absolute atomic E-state index is 0.479. The average molecular weight is 225 g/mol. The van der Waals surface area contributed by atoms with Gasteiger partial charge in [0.05, 0.1) is 0 Å². The molecule has 0 aliphatic carbocycles. The molecule has 0 spiro atoms. The maximum atomic E-state index is 4.08. The number of rotatable bonds is 6. The van der Waals surface area contributed by atoms with Crippen LogP contribution < -0.4 is 5.32 Å². The maximum absolute atomic E-state index is 4.08. The number of nitrogens with zero attached hydrogens (tertiary/aromatic N) is 2.